The lowest BCUT2D eigenvalue weighted by Crippen LogP contribution is -2.25. The molecule has 0 spiro atoms. The van der Waals surface area contributed by atoms with Crippen molar-refractivity contribution in [1.29, 1.82) is 5.26 Å². The first kappa shape index (κ1) is 16.5. The summed E-state index contributed by atoms with van der Waals surface area (Å²) < 4.78 is 0. The molecule has 1 aromatic heterocycles. The predicted octanol–water partition coefficient (Wildman–Crippen LogP) is 3.82. The Labute approximate surface area is 146 Å². The molecule has 124 valence electrons. The first-order valence-corrected chi connectivity index (χ1v) is 8.28. The Morgan fingerprint density at radius 3 is 2.68 bits per heavy atom. The van der Waals surface area contributed by atoms with Crippen LogP contribution >= 0.6 is 0 Å². The van der Waals surface area contributed by atoms with E-state index in [0.717, 1.165) is 29.3 Å². The topological polar surface area (TPSA) is 68.7 Å². The zero-order chi connectivity index (χ0) is 17.5. The summed E-state index contributed by atoms with van der Waals surface area (Å²) in [7, 11) is 0. The molecule has 2 N–H and O–H groups in total. The summed E-state index contributed by atoms with van der Waals surface area (Å²) in [5, 5.41) is 13.1. The van der Waals surface area contributed by atoms with Crippen molar-refractivity contribution in [3.63, 3.8) is 0 Å². The number of aromatic nitrogens is 1. The quantitative estimate of drug-likeness (QED) is 0.410. The minimum atomic E-state index is -0.333. The highest BCUT2D eigenvalue weighted by atomic mass is 16.1. The van der Waals surface area contributed by atoms with Crippen LogP contribution in [0.4, 0.5) is 0 Å². The SMILES string of the molecule is N#C/C(=C/c1c[nH]c2ccccc12)C(=O)NCCCc1ccccc1. The summed E-state index contributed by atoms with van der Waals surface area (Å²) in [4.78, 5) is 15.4. The maximum atomic E-state index is 12.2. The molecule has 0 atom stereocenters. The van der Waals surface area contributed by atoms with Gasteiger partial charge in [0.05, 0.1) is 0 Å². The van der Waals surface area contributed by atoms with Gasteiger partial charge in [0.2, 0.25) is 0 Å². The van der Waals surface area contributed by atoms with Gasteiger partial charge in [-0.05, 0) is 30.5 Å². The number of H-pyrrole nitrogens is 1. The van der Waals surface area contributed by atoms with E-state index in [-0.39, 0.29) is 11.5 Å². The lowest BCUT2D eigenvalue weighted by molar-refractivity contribution is -0.117. The number of aryl methyl sites for hydroxylation is 1. The fourth-order valence-corrected chi connectivity index (χ4v) is 2.75. The van der Waals surface area contributed by atoms with E-state index in [1.807, 2.05) is 54.7 Å². The molecule has 0 aliphatic heterocycles. The minimum absolute atomic E-state index is 0.115. The molecule has 0 unspecified atom stereocenters. The van der Waals surface area contributed by atoms with Crippen molar-refractivity contribution >= 4 is 22.9 Å². The Morgan fingerprint density at radius 2 is 1.88 bits per heavy atom. The van der Waals surface area contributed by atoms with Crippen molar-refractivity contribution in [3.05, 3.63) is 77.5 Å². The van der Waals surface area contributed by atoms with Gasteiger partial charge in [-0.15, -0.1) is 0 Å². The van der Waals surface area contributed by atoms with Gasteiger partial charge in [0.25, 0.3) is 5.91 Å². The van der Waals surface area contributed by atoms with Crippen molar-refractivity contribution in [1.82, 2.24) is 10.3 Å². The van der Waals surface area contributed by atoms with Crippen LogP contribution in [0.5, 0.6) is 0 Å². The molecule has 4 heteroatoms. The van der Waals surface area contributed by atoms with Gasteiger partial charge in [-0.2, -0.15) is 5.26 Å². The van der Waals surface area contributed by atoms with Crippen molar-refractivity contribution < 1.29 is 4.79 Å². The van der Waals surface area contributed by atoms with E-state index < -0.39 is 0 Å². The number of nitrogens with one attached hydrogen (secondary N) is 2. The van der Waals surface area contributed by atoms with Crippen molar-refractivity contribution in [2.75, 3.05) is 6.54 Å². The molecule has 0 aliphatic rings. The predicted molar refractivity (Wildman–Crippen MR) is 99.7 cm³/mol. The molecule has 0 saturated carbocycles. The van der Waals surface area contributed by atoms with Crippen LogP contribution in [0.2, 0.25) is 0 Å². The fraction of sp³-hybridized carbons (Fsp3) is 0.143. The normalized spacial score (nSPS) is 11.2. The maximum Gasteiger partial charge on any atom is 0.261 e. The number of carbonyl (C=O) groups excluding carboxylic acids is 1. The zero-order valence-electron chi connectivity index (χ0n) is 13.8. The maximum absolute atomic E-state index is 12.2. The van der Waals surface area contributed by atoms with Gasteiger partial charge in [0.1, 0.15) is 11.6 Å². The van der Waals surface area contributed by atoms with E-state index in [1.54, 1.807) is 6.08 Å². The van der Waals surface area contributed by atoms with Gasteiger partial charge in [-0.3, -0.25) is 4.79 Å². The summed E-state index contributed by atoms with van der Waals surface area (Å²) in [6, 6.07) is 19.9. The van der Waals surface area contributed by atoms with Crippen LogP contribution in [0.3, 0.4) is 0 Å². The summed E-state index contributed by atoms with van der Waals surface area (Å²) >= 11 is 0. The van der Waals surface area contributed by atoms with E-state index in [9.17, 15) is 10.1 Å². The molecule has 3 aromatic rings. The number of hydrogen-bond donors (Lipinski definition) is 2. The second-order valence-corrected chi connectivity index (χ2v) is 5.80. The van der Waals surface area contributed by atoms with Crippen LogP contribution < -0.4 is 5.32 Å². The Bertz CT molecular complexity index is 932. The first-order chi connectivity index (χ1) is 12.3. The highest BCUT2D eigenvalue weighted by molar-refractivity contribution is 6.03. The van der Waals surface area contributed by atoms with Crippen molar-refractivity contribution in [2.24, 2.45) is 0 Å². The Kier molecular flexibility index (Phi) is 5.28. The number of aromatic amines is 1. The Balaban J connectivity index is 1.60. The zero-order valence-corrected chi connectivity index (χ0v) is 13.8. The third-order valence-electron chi connectivity index (χ3n) is 4.06. The van der Waals surface area contributed by atoms with Crippen molar-refractivity contribution in [3.8, 4) is 6.07 Å². The fourth-order valence-electron chi connectivity index (χ4n) is 2.75. The van der Waals surface area contributed by atoms with Crippen LogP contribution in [-0.4, -0.2) is 17.4 Å². The monoisotopic (exact) mass is 329 g/mol. The number of nitrogens with zero attached hydrogens (tertiary/aromatic N) is 1. The summed E-state index contributed by atoms with van der Waals surface area (Å²) in [6.45, 7) is 0.542. The van der Waals surface area contributed by atoms with Crippen molar-refractivity contribution in [2.45, 2.75) is 12.8 Å². The number of hydrogen-bond acceptors (Lipinski definition) is 2. The standard InChI is InChI=1S/C21H19N3O/c22-14-17(13-18-15-24-20-11-5-4-10-19(18)20)21(25)23-12-6-9-16-7-2-1-3-8-16/h1-5,7-8,10-11,13,15,24H,6,9,12H2,(H,23,25)/b17-13-. The number of carbonyl (C=O) groups is 1. The number of nitriles is 1. The highest BCUT2D eigenvalue weighted by Gasteiger charge is 2.10. The van der Waals surface area contributed by atoms with Gasteiger partial charge >= 0.3 is 0 Å². The molecule has 1 heterocycles. The summed E-state index contributed by atoms with van der Waals surface area (Å²) in [5.74, 6) is -0.333. The minimum Gasteiger partial charge on any atom is -0.361 e. The van der Waals surface area contributed by atoms with E-state index in [4.69, 9.17) is 0 Å². The number of fused-ring (bicyclic) bond motifs is 1. The Hall–Kier alpha value is -3.32. The van der Waals surface area contributed by atoms with Crippen LogP contribution in [0.1, 0.15) is 17.5 Å². The lowest BCUT2D eigenvalue weighted by atomic mass is 10.1. The van der Waals surface area contributed by atoms with Gasteiger partial charge in [-0.25, -0.2) is 0 Å². The van der Waals surface area contributed by atoms with Gasteiger partial charge in [0, 0.05) is 29.2 Å². The largest absolute Gasteiger partial charge is 0.361 e. The molecule has 0 aliphatic carbocycles. The number of para-hydroxylation sites is 1. The number of amides is 1. The lowest BCUT2D eigenvalue weighted by Gasteiger charge is -2.04. The Morgan fingerprint density at radius 1 is 1.12 bits per heavy atom. The van der Waals surface area contributed by atoms with Crippen LogP contribution in [0, 0.1) is 11.3 Å². The smallest absolute Gasteiger partial charge is 0.261 e. The van der Waals surface area contributed by atoms with Crippen LogP contribution in [0.15, 0.2) is 66.4 Å². The van der Waals surface area contributed by atoms with Crippen LogP contribution in [0.25, 0.3) is 17.0 Å². The van der Waals surface area contributed by atoms with E-state index >= 15 is 0 Å². The molecule has 0 fully saturated rings. The van der Waals surface area contributed by atoms with Crippen LogP contribution in [-0.2, 0) is 11.2 Å². The molecule has 0 bridgehead atoms. The van der Waals surface area contributed by atoms with E-state index in [2.05, 4.69) is 22.4 Å². The first-order valence-electron chi connectivity index (χ1n) is 8.28. The van der Waals surface area contributed by atoms with Gasteiger partial charge in [0.15, 0.2) is 0 Å². The van der Waals surface area contributed by atoms with Gasteiger partial charge in [-0.1, -0.05) is 48.5 Å². The molecule has 0 radical (unpaired) electrons. The third-order valence-corrected chi connectivity index (χ3v) is 4.06. The van der Waals surface area contributed by atoms with E-state index in [1.165, 1.54) is 5.56 Å². The second-order valence-electron chi connectivity index (χ2n) is 5.80. The van der Waals surface area contributed by atoms with Gasteiger partial charge < -0.3 is 10.3 Å². The number of rotatable bonds is 6. The molecular formula is C21H19N3O. The number of benzene rings is 2. The molecule has 1 amide bonds. The molecule has 2 aromatic carbocycles. The molecular weight excluding hydrogens is 310 g/mol. The van der Waals surface area contributed by atoms with E-state index in [0.29, 0.717) is 6.54 Å². The molecule has 4 nitrogen and oxygen atoms in total. The average Bonchev–Trinajstić information content (AvgIpc) is 3.07. The molecule has 0 saturated heterocycles. The average molecular weight is 329 g/mol. The second kappa shape index (κ2) is 7.98. The summed E-state index contributed by atoms with van der Waals surface area (Å²) in [5.41, 5.74) is 3.18. The highest BCUT2D eigenvalue weighted by Crippen LogP contribution is 2.20. The molecule has 3 rings (SSSR count). The molecule has 25 heavy (non-hydrogen) atoms. The third kappa shape index (κ3) is 4.15. The summed E-state index contributed by atoms with van der Waals surface area (Å²) in [6.07, 6.45) is 5.17.